The van der Waals surface area contributed by atoms with Crippen molar-refractivity contribution in [1.82, 2.24) is 4.72 Å². The van der Waals surface area contributed by atoms with Crippen LogP contribution in [0, 0.1) is 0 Å². The smallest absolute Gasteiger partial charge is 0.244 e. The van der Waals surface area contributed by atoms with Gasteiger partial charge in [-0.2, -0.15) is 0 Å². The summed E-state index contributed by atoms with van der Waals surface area (Å²) in [5, 5.41) is 4.82. The van der Waals surface area contributed by atoms with Gasteiger partial charge in [0.2, 0.25) is 20.0 Å². The van der Waals surface area contributed by atoms with Crippen molar-refractivity contribution in [3.8, 4) is 5.75 Å². The normalized spacial score (nSPS) is 12.3. The molecule has 0 amide bonds. The van der Waals surface area contributed by atoms with E-state index in [9.17, 15) is 16.8 Å². The molecule has 0 spiro atoms. The minimum absolute atomic E-state index is 0.0493. The largest absolute Gasteiger partial charge is 0.495 e. The van der Waals surface area contributed by atoms with Crippen molar-refractivity contribution in [1.29, 1.82) is 0 Å². The Kier molecular flexibility index (Phi) is 5.34. The molecule has 0 fully saturated rings. The molecule has 0 aliphatic heterocycles. The molecule has 1 aromatic carbocycles. The standard InChI is InChI=1S/C10H17N3O5S2/c1-18-9-7-8(11)3-4-10(9)20(16,17)13-5-2-6-19(12,14)15/h3-4,7,13H,2,5-6,11H2,1H3,(H2,12,14,15). The average molecular weight is 323 g/mol. The van der Waals surface area contributed by atoms with Crippen LogP contribution in [0.1, 0.15) is 6.42 Å². The van der Waals surface area contributed by atoms with E-state index in [-0.39, 0.29) is 29.4 Å². The number of nitrogens with one attached hydrogen (secondary N) is 1. The minimum atomic E-state index is -3.80. The highest BCUT2D eigenvalue weighted by Gasteiger charge is 2.19. The number of sulfonamides is 2. The summed E-state index contributed by atoms with van der Waals surface area (Å²) in [4.78, 5) is -0.0650. The zero-order valence-electron chi connectivity index (χ0n) is 10.9. The van der Waals surface area contributed by atoms with Crippen molar-refractivity contribution >= 4 is 25.7 Å². The number of primary sulfonamides is 1. The second kappa shape index (κ2) is 6.39. The molecule has 1 rings (SSSR count). The van der Waals surface area contributed by atoms with Gasteiger partial charge in [0.05, 0.1) is 12.9 Å². The topological polar surface area (TPSA) is 142 Å². The molecular weight excluding hydrogens is 306 g/mol. The van der Waals surface area contributed by atoms with Crippen LogP contribution >= 0.6 is 0 Å². The van der Waals surface area contributed by atoms with E-state index < -0.39 is 20.0 Å². The van der Waals surface area contributed by atoms with Crippen LogP contribution < -0.4 is 20.3 Å². The lowest BCUT2D eigenvalue weighted by molar-refractivity contribution is 0.402. The van der Waals surface area contributed by atoms with Crippen LogP contribution in [0.2, 0.25) is 0 Å². The molecule has 0 radical (unpaired) electrons. The van der Waals surface area contributed by atoms with E-state index in [0.717, 1.165) is 0 Å². The van der Waals surface area contributed by atoms with Gasteiger partial charge in [0, 0.05) is 18.3 Å². The fourth-order valence-electron chi connectivity index (χ4n) is 1.46. The molecule has 0 unspecified atom stereocenters. The number of hydrogen-bond acceptors (Lipinski definition) is 6. The van der Waals surface area contributed by atoms with Gasteiger partial charge in [-0.15, -0.1) is 0 Å². The van der Waals surface area contributed by atoms with Crippen LogP contribution in [0.25, 0.3) is 0 Å². The zero-order chi connectivity index (χ0) is 15.4. The fraction of sp³-hybridized carbons (Fsp3) is 0.400. The second-order valence-electron chi connectivity index (χ2n) is 4.03. The lowest BCUT2D eigenvalue weighted by Gasteiger charge is -2.11. The van der Waals surface area contributed by atoms with Crippen molar-refractivity contribution in [2.24, 2.45) is 5.14 Å². The summed E-state index contributed by atoms with van der Waals surface area (Å²) in [6, 6.07) is 4.14. The molecule has 0 saturated heterocycles. The van der Waals surface area contributed by atoms with Gasteiger partial charge in [-0.25, -0.2) is 26.7 Å². The molecule has 8 nitrogen and oxygen atoms in total. The third kappa shape index (κ3) is 4.96. The number of hydrogen-bond donors (Lipinski definition) is 3. The van der Waals surface area contributed by atoms with E-state index in [1.807, 2.05) is 0 Å². The van der Waals surface area contributed by atoms with E-state index in [4.69, 9.17) is 15.6 Å². The maximum absolute atomic E-state index is 12.0. The first-order valence-corrected chi connectivity index (χ1v) is 8.79. The van der Waals surface area contributed by atoms with E-state index in [1.165, 1.54) is 25.3 Å². The number of anilines is 1. The first-order valence-electron chi connectivity index (χ1n) is 5.59. The quantitative estimate of drug-likeness (QED) is 0.444. The molecule has 0 bridgehead atoms. The van der Waals surface area contributed by atoms with Crippen LogP contribution in [0.4, 0.5) is 5.69 Å². The Morgan fingerprint density at radius 1 is 1.25 bits per heavy atom. The third-order valence-electron chi connectivity index (χ3n) is 2.37. The van der Waals surface area contributed by atoms with Crippen LogP contribution in [0.5, 0.6) is 5.75 Å². The first-order chi connectivity index (χ1) is 9.15. The summed E-state index contributed by atoms with van der Waals surface area (Å²) in [6.45, 7) is -0.0493. The van der Waals surface area contributed by atoms with E-state index >= 15 is 0 Å². The Morgan fingerprint density at radius 3 is 2.45 bits per heavy atom. The van der Waals surface area contributed by atoms with Crippen molar-refractivity contribution in [2.45, 2.75) is 11.3 Å². The summed E-state index contributed by atoms with van der Waals surface area (Å²) in [7, 11) is -6.08. The molecular formula is C10H17N3O5S2. The Morgan fingerprint density at radius 2 is 1.90 bits per heavy atom. The summed E-state index contributed by atoms with van der Waals surface area (Å²) < 4.78 is 52.8. The number of nitrogen functional groups attached to an aromatic ring is 1. The van der Waals surface area contributed by atoms with Crippen molar-refractivity contribution < 1.29 is 21.6 Å². The van der Waals surface area contributed by atoms with Crippen LogP contribution in [0.15, 0.2) is 23.1 Å². The number of benzene rings is 1. The second-order valence-corrected chi connectivity index (χ2v) is 7.50. The zero-order valence-corrected chi connectivity index (χ0v) is 12.5. The number of methoxy groups -OCH3 is 1. The van der Waals surface area contributed by atoms with Crippen molar-refractivity contribution in [3.63, 3.8) is 0 Å². The molecule has 0 aromatic heterocycles. The Balaban J connectivity index is 2.79. The Labute approximate surface area is 118 Å². The molecule has 5 N–H and O–H groups in total. The van der Waals surface area contributed by atoms with Gasteiger partial charge in [-0.05, 0) is 18.6 Å². The molecule has 0 atom stereocenters. The predicted octanol–water partition coefficient (Wildman–Crippen LogP) is -0.766. The molecule has 1 aromatic rings. The van der Waals surface area contributed by atoms with E-state index in [0.29, 0.717) is 5.69 Å². The van der Waals surface area contributed by atoms with Crippen LogP contribution in [-0.4, -0.2) is 36.2 Å². The summed E-state index contributed by atoms with van der Waals surface area (Å²) in [5.74, 6) is -0.182. The van der Waals surface area contributed by atoms with Gasteiger partial charge >= 0.3 is 0 Å². The summed E-state index contributed by atoms with van der Waals surface area (Å²) >= 11 is 0. The first kappa shape index (κ1) is 16.7. The molecule has 0 saturated carbocycles. The van der Waals surface area contributed by atoms with E-state index in [2.05, 4.69) is 4.72 Å². The summed E-state index contributed by atoms with van der Waals surface area (Å²) in [6.07, 6.45) is 0.0787. The van der Waals surface area contributed by atoms with Crippen LogP contribution in [-0.2, 0) is 20.0 Å². The lowest BCUT2D eigenvalue weighted by atomic mass is 10.3. The predicted molar refractivity (Wildman–Crippen MR) is 75.2 cm³/mol. The maximum Gasteiger partial charge on any atom is 0.244 e. The number of rotatable bonds is 7. The maximum atomic E-state index is 12.0. The molecule has 0 aliphatic rings. The molecule has 0 heterocycles. The van der Waals surface area contributed by atoms with Gasteiger partial charge in [-0.1, -0.05) is 0 Å². The third-order valence-corrected chi connectivity index (χ3v) is 4.73. The highest BCUT2D eigenvalue weighted by molar-refractivity contribution is 7.89. The minimum Gasteiger partial charge on any atom is -0.495 e. The fourth-order valence-corrected chi connectivity index (χ4v) is 3.23. The average Bonchev–Trinajstić information content (AvgIpc) is 2.33. The van der Waals surface area contributed by atoms with Gasteiger partial charge in [-0.3, -0.25) is 0 Å². The lowest BCUT2D eigenvalue weighted by Crippen LogP contribution is -2.27. The molecule has 10 heteroatoms. The van der Waals surface area contributed by atoms with Gasteiger partial charge in [0.15, 0.2) is 0 Å². The van der Waals surface area contributed by atoms with Gasteiger partial charge in [0.1, 0.15) is 10.6 Å². The highest BCUT2D eigenvalue weighted by Crippen LogP contribution is 2.25. The Hall–Kier alpha value is -1.36. The Bertz CT molecular complexity index is 670. The van der Waals surface area contributed by atoms with Crippen molar-refractivity contribution in [2.75, 3.05) is 25.1 Å². The number of ether oxygens (including phenoxy) is 1. The SMILES string of the molecule is COc1cc(N)ccc1S(=O)(=O)NCCCS(N)(=O)=O. The molecule has 114 valence electrons. The summed E-state index contributed by atoms with van der Waals surface area (Å²) in [5.41, 5.74) is 5.91. The van der Waals surface area contributed by atoms with Gasteiger partial charge < -0.3 is 10.5 Å². The van der Waals surface area contributed by atoms with Gasteiger partial charge in [0.25, 0.3) is 0 Å². The van der Waals surface area contributed by atoms with Crippen LogP contribution in [0.3, 0.4) is 0 Å². The molecule has 0 aliphatic carbocycles. The number of nitrogens with two attached hydrogens (primary N) is 2. The highest BCUT2D eigenvalue weighted by atomic mass is 32.2. The molecule has 20 heavy (non-hydrogen) atoms. The monoisotopic (exact) mass is 323 g/mol. The van der Waals surface area contributed by atoms with E-state index in [1.54, 1.807) is 0 Å². The van der Waals surface area contributed by atoms with Crippen molar-refractivity contribution in [3.05, 3.63) is 18.2 Å².